The zero-order valence-electron chi connectivity index (χ0n) is 8.15. The summed E-state index contributed by atoms with van der Waals surface area (Å²) in [6.45, 7) is 3.87. The van der Waals surface area contributed by atoms with Crippen LogP contribution >= 0.6 is 0 Å². The third-order valence-corrected chi connectivity index (χ3v) is 2.66. The summed E-state index contributed by atoms with van der Waals surface area (Å²) >= 11 is 0. The Balaban J connectivity index is 2.04. The first-order valence-corrected chi connectivity index (χ1v) is 4.78. The molecule has 0 spiro atoms. The first-order chi connectivity index (χ1) is 6.66. The zero-order valence-corrected chi connectivity index (χ0v) is 8.15. The van der Waals surface area contributed by atoms with E-state index in [1.54, 1.807) is 6.07 Å². The van der Waals surface area contributed by atoms with Gasteiger partial charge >= 0.3 is 0 Å². The maximum atomic E-state index is 12.6. The van der Waals surface area contributed by atoms with Gasteiger partial charge in [-0.1, -0.05) is 0 Å². The molecular formula is C10H14FN3. The summed E-state index contributed by atoms with van der Waals surface area (Å²) in [5, 5.41) is 0. The highest BCUT2D eigenvalue weighted by atomic mass is 19.1. The minimum atomic E-state index is -0.290. The molecule has 3 nitrogen and oxygen atoms in total. The molecule has 0 radical (unpaired) electrons. The summed E-state index contributed by atoms with van der Waals surface area (Å²) in [5.41, 5.74) is 6.59. The number of pyridine rings is 1. The lowest BCUT2D eigenvalue weighted by Gasteiger charge is -2.40. The Bertz CT molecular complexity index is 306. The lowest BCUT2D eigenvalue weighted by molar-refractivity contribution is 0.101. The van der Waals surface area contributed by atoms with Crippen molar-refractivity contribution in [3.63, 3.8) is 0 Å². The average Bonchev–Trinajstić information content (AvgIpc) is 2.13. The third-order valence-electron chi connectivity index (χ3n) is 2.66. The average molecular weight is 195 g/mol. The van der Waals surface area contributed by atoms with Crippen LogP contribution in [0.5, 0.6) is 0 Å². The smallest absolute Gasteiger partial charge is 0.141 e. The van der Waals surface area contributed by atoms with E-state index in [4.69, 9.17) is 5.73 Å². The van der Waals surface area contributed by atoms with Crippen molar-refractivity contribution in [1.82, 2.24) is 9.88 Å². The predicted octanol–water partition coefficient (Wildman–Crippen LogP) is 0.925. The van der Waals surface area contributed by atoms with Gasteiger partial charge in [0.05, 0.1) is 11.9 Å². The van der Waals surface area contributed by atoms with E-state index in [1.807, 2.05) is 0 Å². The fourth-order valence-corrected chi connectivity index (χ4v) is 1.69. The molecule has 1 aromatic heterocycles. The zero-order chi connectivity index (χ0) is 10.1. The van der Waals surface area contributed by atoms with Crippen LogP contribution in [-0.4, -0.2) is 29.0 Å². The Morgan fingerprint density at radius 1 is 1.57 bits per heavy atom. The van der Waals surface area contributed by atoms with Crippen LogP contribution in [0.25, 0.3) is 0 Å². The van der Waals surface area contributed by atoms with Gasteiger partial charge in [0, 0.05) is 25.2 Å². The standard InChI is InChI=1S/C10H14FN3/c1-7(14-5-9(12)6-14)10-3-2-8(11)4-13-10/h2-4,7,9H,5-6,12H2,1H3. The van der Waals surface area contributed by atoms with E-state index in [-0.39, 0.29) is 17.9 Å². The van der Waals surface area contributed by atoms with Crippen molar-refractivity contribution in [3.8, 4) is 0 Å². The topological polar surface area (TPSA) is 42.2 Å². The van der Waals surface area contributed by atoms with Crippen LogP contribution < -0.4 is 5.73 Å². The Morgan fingerprint density at radius 3 is 2.79 bits per heavy atom. The third kappa shape index (κ3) is 1.76. The van der Waals surface area contributed by atoms with Crippen molar-refractivity contribution >= 4 is 0 Å². The van der Waals surface area contributed by atoms with E-state index in [1.165, 1.54) is 12.3 Å². The molecule has 1 aromatic rings. The molecule has 2 heterocycles. The number of nitrogens with zero attached hydrogens (tertiary/aromatic N) is 2. The Kier molecular flexibility index (Phi) is 2.48. The van der Waals surface area contributed by atoms with Crippen LogP contribution in [-0.2, 0) is 0 Å². The summed E-state index contributed by atoms with van der Waals surface area (Å²) in [6, 6.07) is 3.69. The Hall–Kier alpha value is -1.00. The van der Waals surface area contributed by atoms with Gasteiger partial charge in [0.25, 0.3) is 0 Å². The molecule has 0 amide bonds. The molecule has 1 fully saturated rings. The fourth-order valence-electron chi connectivity index (χ4n) is 1.69. The van der Waals surface area contributed by atoms with Gasteiger partial charge in [-0.2, -0.15) is 0 Å². The predicted molar refractivity (Wildman–Crippen MR) is 52.2 cm³/mol. The van der Waals surface area contributed by atoms with Crippen molar-refractivity contribution in [2.75, 3.05) is 13.1 Å². The van der Waals surface area contributed by atoms with E-state index < -0.39 is 0 Å². The van der Waals surface area contributed by atoms with Gasteiger partial charge in [0.2, 0.25) is 0 Å². The molecule has 0 aliphatic carbocycles. The van der Waals surface area contributed by atoms with Gasteiger partial charge in [0.1, 0.15) is 5.82 Å². The van der Waals surface area contributed by atoms with E-state index in [2.05, 4.69) is 16.8 Å². The molecule has 1 aliphatic heterocycles. The second-order valence-electron chi connectivity index (χ2n) is 3.79. The van der Waals surface area contributed by atoms with E-state index in [9.17, 15) is 4.39 Å². The first-order valence-electron chi connectivity index (χ1n) is 4.78. The number of nitrogens with two attached hydrogens (primary N) is 1. The molecule has 76 valence electrons. The number of likely N-dealkylation sites (tertiary alicyclic amines) is 1. The summed E-state index contributed by atoms with van der Waals surface area (Å²) < 4.78 is 12.6. The van der Waals surface area contributed by atoms with Gasteiger partial charge in [0.15, 0.2) is 0 Å². The second-order valence-corrected chi connectivity index (χ2v) is 3.79. The highest BCUT2D eigenvalue weighted by Crippen LogP contribution is 2.22. The van der Waals surface area contributed by atoms with Crippen LogP contribution in [0.3, 0.4) is 0 Å². The maximum Gasteiger partial charge on any atom is 0.141 e. The van der Waals surface area contributed by atoms with Gasteiger partial charge in [-0.3, -0.25) is 9.88 Å². The van der Waals surface area contributed by atoms with Crippen molar-refractivity contribution in [2.24, 2.45) is 5.73 Å². The molecule has 0 aromatic carbocycles. The lowest BCUT2D eigenvalue weighted by atomic mass is 10.0. The number of hydrogen-bond acceptors (Lipinski definition) is 3. The van der Waals surface area contributed by atoms with Gasteiger partial charge < -0.3 is 5.73 Å². The molecule has 1 unspecified atom stereocenters. The number of hydrogen-bond donors (Lipinski definition) is 1. The molecular weight excluding hydrogens is 181 g/mol. The largest absolute Gasteiger partial charge is 0.325 e. The SMILES string of the molecule is CC(c1ccc(F)cn1)N1CC(N)C1. The highest BCUT2D eigenvalue weighted by molar-refractivity contribution is 5.10. The molecule has 1 saturated heterocycles. The van der Waals surface area contributed by atoms with Crippen molar-refractivity contribution in [3.05, 3.63) is 29.8 Å². The van der Waals surface area contributed by atoms with Gasteiger partial charge in [-0.05, 0) is 19.1 Å². The van der Waals surface area contributed by atoms with Gasteiger partial charge in [-0.25, -0.2) is 4.39 Å². The number of rotatable bonds is 2. The normalized spacial score (nSPS) is 20.5. The van der Waals surface area contributed by atoms with E-state index in [0.717, 1.165) is 18.8 Å². The number of halogens is 1. The summed E-state index contributed by atoms with van der Waals surface area (Å²) in [5.74, 6) is -0.290. The molecule has 2 rings (SSSR count). The fraction of sp³-hybridized carbons (Fsp3) is 0.500. The Morgan fingerprint density at radius 2 is 2.29 bits per heavy atom. The number of aromatic nitrogens is 1. The minimum absolute atomic E-state index is 0.232. The second kappa shape index (κ2) is 3.63. The van der Waals surface area contributed by atoms with Crippen molar-refractivity contribution in [1.29, 1.82) is 0 Å². The van der Waals surface area contributed by atoms with Crippen LogP contribution in [0, 0.1) is 5.82 Å². The molecule has 2 N–H and O–H groups in total. The summed E-state index contributed by atoms with van der Waals surface area (Å²) in [4.78, 5) is 6.28. The summed E-state index contributed by atoms with van der Waals surface area (Å²) in [7, 11) is 0. The molecule has 1 aliphatic rings. The minimum Gasteiger partial charge on any atom is -0.325 e. The van der Waals surface area contributed by atoms with Crippen molar-refractivity contribution < 1.29 is 4.39 Å². The van der Waals surface area contributed by atoms with E-state index in [0.29, 0.717) is 0 Å². The van der Waals surface area contributed by atoms with Crippen LogP contribution in [0.15, 0.2) is 18.3 Å². The summed E-state index contributed by atoms with van der Waals surface area (Å²) in [6.07, 6.45) is 1.26. The van der Waals surface area contributed by atoms with Gasteiger partial charge in [-0.15, -0.1) is 0 Å². The highest BCUT2D eigenvalue weighted by Gasteiger charge is 2.28. The Labute approximate surface area is 82.7 Å². The van der Waals surface area contributed by atoms with E-state index >= 15 is 0 Å². The molecule has 0 bridgehead atoms. The molecule has 4 heteroatoms. The van der Waals surface area contributed by atoms with Crippen LogP contribution in [0.4, 0.5) is 4.39 Å². The molecule has 0 saturated carbocycles. The monoisotopic (exact) mass is 195 g/mol. The van der Waals surface area contributed by atoms with Crippen molar-refractivity contribution in [2.45, 2.75) is 19.0 Å². The quantitative estimate of drug-likeness (QED) is 0.763. The molecule has 14 heavy (non-hydrogen) atoms. The molecule has 1 atom stereocenters. The lowest BCUT2D eigenvalue weighted by Crippen LogP contribution is -2.56. The first kappa shape index (κ1) is 9.55. The van der Waals surface area contributed by atoms with Crippen LogP contribution in [0.2, 0.25) is 0 Å². The maximum absolute atomic E-state index is 12.6. The van der Waals surface area contributed by atoms with Crippen LogP contribution in [0.1, 0.15) is 18.7 Å².